The van der Waals surface area contributed by atoms with Crippen molar-refractivity contribution in [3.05, 3.63) is 42.0 Å². The lowest BCUT2D eigenvalue weighted by Crippen LogP contribution is -2.29. The minimum atomic E-state index is -0.876. The molecule has 2 aromatic rings. The average molecular weight is 318 g/mol. The normalized spacial score (nSPS) is 11.2. The maximum absolute atomic E-state index is 13.3. The first-order valence-electron chi connectivity index (χ1n) is 7.10. The molecule has 2 amide bonds. The first-order chi connectivity index (χ1) is 10.6. The highest BCUT2D eigenvalue weighted by atomic mass is 19.1. The van der Waals surface area contributed by atoms with Crippen LogP contribution in [0.5, 0.6) is 0 Å². The van der Waals surface area contributed by atoms with Crippen molar-refractivity contribution in [3.8, 4) is 0 Å². The topological polar surface area (TPSA) is 76.0 Å². The third-order valence-corrected chi connectivity index (χ3v) is 3.03. The summed E-state index contributed by atoms with van der Waals surface area (Å²) in [6.07, 6.45) is 3.10. The van der Waals surface area contributed by atoms with E-state index in [0.29, 0.717) is 11.3 Å². The summed E-state index contributed by atoms with van der Waals surface area (Å²) >= 11 is 0. The second kappa shape index (κ2) is 6.20. The summed E-state index contributed by atoms with van der Waals surface area (Å²) in [6.45, 7) is 7.58. The van der Waals surface area contributed by atoms with Crippen molar-refractivity contribution in [3.63, 3.8) is 0 Å². The largest absolute Gasteiger partial charge is 0.318 e. The Morgan fingerprint density at radius 3 is 2.22 bits per heavy atom. The van der Waals surface area contributed by atoms with Crippen molar-refractivity contribution in [1.82, 2.24) is 9.78 Å². The van der Waals surface area contributed by atoms with E-state index in [9.17, 15) is 14.0 Å². The fourth-order valence-corrected chi connectivity index (χ4v) is 1.94. The minimum Gasteiger partial charge on any atom is -0.318 e. The first-order valence-corrected chi connectivity index (χ1v) is 7.10. The van der Waals surface area contributed by atoms with E-state index in [2.05, 4.69) is 15.7 Å². The molecule has 0 bridgehead atoms. The Kier molecular flexibility index (Phi) is 4.49. The predicted octanol–water partition coefficient (Wildman–Crippen LogP) is 2.66. The van der Waals surface area contributed by atoms with Gasteiger partial charge in [0, 0.05) is 11.9 Å². The molecule has 1 aromatic heterocycles. The molecule has 1 heterocycles. The molecule has 0 unspecified atom stereocenters. The quantitative estimate of drug-likeness (QED) is 0.836. The molecule has 0 saturated heterocycles. The average Bonchev–Trinajstić information content (AvgIpc) is 2.85. The van der Waals surface area contributed by atoms with Crippen LogP contribution in [0.2, 0.25) is 0 Å². The summed E-state index contributed by atoms with van der Waals surface area (Å²) < 4.78 is 15.0. The van der Waals surface area contributed by atoms with Gasteiger partial charge in [0.2, 0.25) is 0 Å². The number of aromatic nitrogens is 2. The number of anilines is 2. The molecule has 0 radical (unpaired) electrons. The minimum absolute atomic E-state index is 0.230. The van der Waals surface area contributed by atoms with E-state index in [0.717, 1.165) is 6.07 Å². The highest BCUT2D eigenvalue weighted by molar-refractivity contribution is 6.43. The number of benzene rings is 1. The SMILES string of the molecule is Cc1cc(F)cc(NC(=O)C(=O)Nc2cnn(C(C)(C)C)c2)c1. The van der Waals surface area contributed by atoms with E-state index in [1.807, 2.05) is 20.8 Å². The van der Waals surface area contributed by atoms with Crippen LogP contribution < -0.4 is 10.6 Å². The second-order valence-corrected chi connectivity index (χ2v) is 6.27. The predicted molar refractivity (Wildman–Crippen MR) is 85.6 cm³/mol. The summed E-state index contributed by atoms with van der Waals surface area (Å²) in [7, 11) is 0. The summed E-state index contributed by atoms with van der Waals surface area (Å²) in [4.78, 5) is 23.8. The van der Waals surface area contributed by atoms with Gasteiger partial charge >= 0.3 is 11.8 Å². The van der Waals surface area contributed by atoms with Crippen LogP contribution >= 0.6 is 0 Å². The Balaban J connectivity index is 2.03. The molecule has 0 aliphatic rings. The van der Waals surface area contributed by atoms with Crippen LogP contribution in [0.1, 0.15) is 26.3 Å². The molecule has 23 heavy (non-hydrogen) atoms. The van der Waals surface area contributed by atoms with Crippen molar-refractivity contribution < 1.29 is 14.0 Å². The summed E-state index contributed by atoms with van der Waals surface area (Å²) in [5.74, 6) is -2.20. The lowest BCUT2D eigenvalue weighted by Gasteiger charge is -2.18. The Bertz CT molecular complexity index is 727. The third-order valence-electron chi connectivity index (χ3n) is 3.03. The number of amides is 2. The van der Waals surface area contributed by atoms with Gasteiger partial charge in [-0.3, -0.25) is 14.3 Å². The fraction of sp³-hybridized carbons (Fsp3) is 0.312. The molecule has 122 valence electrons. The monoisotopic (exact) mass is 318 g/mol. The smallest absolute Gasteiger partial charge is 0.314 e. The molecule has 0 spiro atoms. The number of hydrogen-bond donors (Lipinski definition) is 2. The van der Waals surface area contributed by atoms with Crippen LogP contribution in [0, 0.1) is 12.7 Å². The Hall–Kier alpha value is -2.70. The van der Waals surface area contributed by atoms with E-state index in [-0.39, 0.29) is 11.2 Å². The fourth-order valence-electron chi connectivity index (χ4n) is 1.94. The molecule has 0 fully saturated rings. The van der Waals surface area contributed by atoms with Crippen LogP contribution in [0.3, 0.4) is 0 Å². The van der Waals surface area contributed by atoms with Gasteiger partial charge in [0.15, 0.2) is 0 Å². The number of nitrogens with one attached hydrogen (secondary N) is 2. The molecule has 0 aliphatic heterocycles. The number of hydrogen-bond acceptors (Lipinski definition) is 3. The molecule has 6 nitrogen and oxygen atoms in total. The van der Waals surface area contributed by atoms with Crippen LogP contribution in [0.15, 0.2) is 30.6 Å². The van der Waals surface area contributed by atoms with Crippen molar-refractivity contribution >= 4 is 23.2 Å². The Morgan fingerprint density at radius 2 is 1.70 bits per heavy atom. The van der Waals surface area contributed by atoms with E-state index < -0.39 is 17.6 Å². The van der Waals surface area contributed by atoms with Crippen molar-refractivity contribution in [2.75, 3.05) is 10.6 Å². The summed E-state index contributed by atoms with van der Waals surface area (Å²) in [6, 6.07) is 4.05. The number of carbonyl (C=O) groups is 2. The van der Waals surface area contributed by atoms with Gasteiger partial charge in [0.1, 0.15) is 5.82 Å². The maximum atomic E-state index is 13.3. The highest BCUT2D eigenvalue weighted by Gasteiger charge is 2.18. The number of carbonyl (C=O) groups excluding carboxylic acids is 2. The number of halogens is 1. The summed E-state index contributed by atoms with van der Waals surface area (Å²) in [5, 5.41) is 8.95. The molecule has 0 saturated carbocycles. The molecule has 0 aliphatic carbocycles. The first kappa shape index (κ1) is 16.7. The van der Waals surface area contributed by atoms with Crippen molar-refractivity contribution in [2.24, 2.45) is 0 Å². The molecule has 0 atom stereocenters. The number of rotatable bonds is 2. The second-order valence-electron chi connectivity index (χ2n) is 6.27. The number of aryl methyl sites for hydroxylation is 1. The van der Waals surface area contributed by atoms with Crippen LogP contribution in [-0.2, 0) is 15.1 Å². The third kappa shape index (κ3) is 4.38. The van der Waals surface area contributed by atoms with Crippen LogP contribution in [0.25, 0.3) is 0 Å². The van der Waals surface area contributed by atoms with Crippen molar-refractivity contribution in [2.45, 2.75) is 33.2 Å². The van der Waals surface area contributed by atoms with E-state index in [4.69, 9.17) is 0 Å². The number of nitrogens with zero attached hydrogens (tertiary/aromatic N) is 2. The van der Waals surface area contributed by atoms with Gasteiger partial charge in [-0.25, -0.2) is 4.39 Å². The molecule has 2 N–H and O–H groups in total. The van der Waals surface area contributed by atoms with Crippen LogP contribution in [-0.4, -0.2) is 21.6 Å². The van der Waals surface area contributed by atoms with Gasteiger partial charge in [-0.2, -0.15) is 5.10 Å². The van der Waals surface area contributed by atoms with Gasteiger partial charge in [-0.1, -0.05) is 0 Å². The maximum Gasteiger partial charge on any atom is 0.314 e. The highest BCUT2D eigenvalue weighted by Crippen LogP contribution is 2.16. The van der Waals surface area contributed by atoms with Crippen molar-refractivity contribution in [1.29, 1.82) is 0 Å². The van der Waals surface area contributed by atoms with Gasteiger partial charge < -0.3 is 10.6 Å². The molecule has 2 rings (SSSR count). The molecular weight excluding hydrogens is 299 g/mol. The zero-order chi connectivity index (χ0) is 17.2. The molecule has 7 heteroatoms. The van der Waals surface area contributed by atoms with E-state index in [1.165, 1.54) is 12.3 Å². The Morgan fingerprint density at radius 1 is 1.09 bits per heavy atom. The lowest BCUT2D eigenvalue weighted by atomic mass is 10.1. The Labute approximate surface area is 133 Å². The van der Waals surface area contributed by atoms with E-state index >= 15 is 0 Å². The van der Waals surface area contributed by atoms with Gasteiger partial charge in [-0.15, -0.1) is 0 Å². The van der Waals surface area contributed by atoms with Gasteiger partial charge in [0.05, 0.1) is 17.4 Å². The van der Waals surface area contributed by atoms with Gasteiger partial charge in [0.25, 0.3) is 0 Å². The summed E-state index contributed by atoms with van der Waals surface area (Å²) in [5.41, 5.74) is 1.06. The molecule has 1 aromatic carbocycles. The molecular formula is C16H19FN4O2. The van der Waals surface area contributed by atoms with E-state index in [1.54, 1.807) is 23.9 Å². The lowest BCUT2D eigenvalue weighted by molar-refractivity contribution is -0.133. The standard InChI is InChI=1S/C16H19FN4O2/c1-10-5-11(17)7-12(6-10)19-14(22)15(23)20-13-8-18-21(9-13)16(2,3)4/h5-9H,1-4H3,(H,19,22)(H,20,23). The zero-order valence-corrected chi connectivity index (χ0v) is 13.5. The van der Waals surface area contributed by atoms with Gasteiger partial charge in [-0.05, 0) is 51.5 Å². The zero-order valence-electron chi connectivity index (χ0n) is 13.5. The van der Waals surface area contributed by atoms with Crippen LogP contribution in [0.4, 0.5) is 15.8 Å².